The molecule has 1 heterocycles. The number of methoxy groups -OCH3 is 1. The Morgan fingerprint density at radius 3 is 2.50 bits per heavy atom. The van der Waals surface area contributed by atoms with Gasteiger partial charge in [0.05, 0.1) is 18.4 Å². The number of esters is 2. The lowest BCUT2D eigenvalue weighted by atomic mass is 10.2. The van der Waals surface area contributed by atoms with E-state index in [1.807, 2.05) is 0 Å². The molecule has 1 aromatic carbocycles. The fraction of sp³-hybridized carbons (Fsp3) is 0.125. The topological polar surface area (TPSA) is 121 Å². The maximum absolute atomic E-state index is 11.9. The zero-order valence-corrected chi connectivity index (χ0v) is 12.8. The Kier molecular flexibility index (Phi) is 5.45. The Bertz CT molecular complexity index is 776. The van der Waals surface area contributed by atoms with E-state index in [4.69, 9.17) is 10.5 Å². The van der Waals surface area contributed by atoms with Gasteiger partial charge in [0.2, 0.25) is 0 Å². The van der Waals surface area contributed by atoms with Crippen molar-refractivity contribution < 1.29 is 23.9 Å². The number of carbonyl (C=O) groups excluding carboxylic acids is 3. The fourth-order valence-corrected chi connectivity index (χ4v) is 1.87. The van der Waals surface area contributed by atoms with E-state index in [9.17, 15) is 14.4 Å². The molecular formula is C16H15N3O5. The van der Waals surface area contributed by atoms with E-state index < -0.39 is 24.5 Å². The highest BCUT2D eigenvalue weighted by atomic mass is 16.5. The van der Waals surface area contributed by atoms with Crippen LogP contribution in [0.3, 0.4) is 0 Å². The maximum atomic E-state index is 11.9. The Labute approximate surface area is 137 Å². The van der Waals surface area contributed by atoms with Gasteiger partial charge in [0.15, 0.2) is 6.61 Å². The number of benzene rings is 1. The van der Waals surface area contributed by atoms with Crippen molar-refractivity contribution in [1.82, 2.24) is 4.98 Å². The van der Waals surface area contributed by atoms with Crippen molar-refractivity contribution >= 4 is 29.4 Å². The van der Waals surface area contributed by atoms with Crippen LogP contribution in [-0.4, -0.2) is 36.5 Å². The summed E-state index contributed by atoms with van der Waals surface area (Å²) >= 11 is 0. The molecule has 0 bridgehead atoms. The highest BCUT2D eigenvalue weighted by Crippen LogP contribution is 2.16. The summed E-state index contributed by atoms with van der Waals surface area (Å²) in [5.41, 5.74) is 6.07. The predicted octanol–water partition coefficient (Wildman–Crippen LogP) is 1.25. The van der Waals surface area contributed by atoms with Crippen molar-refractivity contribution in [1.29, 1.82) is 0 Å². The van der Waals surface area contributed by atoms with E-state index in [1.54, 1.807) is 12.1 Å². The summed E-state index contributed by atoms with van der Waals surface area (Å²) in [6, 6.07) is 9.28. The largest absolute Gasteiger partial charge is 0.465 e. The number of anilines is 2. The van der Waals surface area contributed by atoms with Crippen LogP contribution in [0.2, 0.25) is 0 Å². The molecule has 0 atom stereocenters. The average molecular weight is 329 g/mol. The minimum Gasteiger partial charge on any atom is -0.465 e. The molecule has 124 valence electrons. The Morgan fingerprint density at radius 1 is 1.08 bits per heavy atom. The third-order valence-corrected chi connectivity index (χ3v) is 3.00. The second-order valence-corrected chi connectivity index (χ2v) is 4.60. The first-order valence-corrected chi connectivity index (χ1v) is 6.87. The number of hydrogen-bond donors (Lipinski definition) is 2. The lowest BCUT2D eigenvalue weighted by Crippen LogP contribution is -2.22. The molecule has 0 unspecified atom stereocenters. The maximum Gasteiger partial charge on any atom is 0.342 e. The molecule has 8 nitrogen and oxygen atoms in total. The van der Waals surface area contributed by atoms with Gasteiger partial charge in [0, 0.05) is 6.20 Å². The first-order chi connectivity index (χ1) is 11.5. The van der Waals surface area contributed by atoms with Crippen molar-refractivity contribution in [2.24, 2.45) is 0 Å². The molecule has 0 radical (unpaired) electrons. The van der Waals surface area contributed by atoms with Crippen LogP contribution in [-0.2, 0) is 14.3 Å². The molecule has 0 aliphatic heterocycles. The number of carbonyl (C=O) groups is 3. The summed E-state index contributed by atoms with van der Waals surface area (Å²) < 4.78 is 9.51. The molecule has 0 aliphatic rings. The van der Waals surface area contributed by atoms with Gasteiger partial charge in [0.25, 0.3) is 5.91 Å². The monoisotopic (exact) mass is 329 g/mol. The summed E-state index contributed by atoms with van der Waals surface area (Å²) in [6.07, 6.45) is 1.43. The number of hydrogen-bond acceptors (Lipinski definition) is 7. The number of nitrogens with zero attached hydrogens (tertiary/aromatic N) is 1. The molecule has 0 saturated carbocycles. The molecule has 24 heavy (non-hydrogen) atoms. The lowest BCUT2D eigenvalue weighted by Gasteiger charge is -2.10. The molecule has 0 aliphatic carbocycles. The first-order valence-electron chi connectivity index (χ1n) is 6.87. The second-order valence-electron chi connectivity index (χ2n) is 4.60. The van der Waals surface area contributed by atoms with Gasteiger partial charge >= 0.3 is 11.9 Å². The predicted molar refractivity (Wildman–Crippen MR) is 85.3 cm³/mol. The molecule has 8 heteroatoms. The number of para-hydroxylation sites is 1. The van der Waals surface area contributed by atoms with Crippen LogP contribution in [0.5, 0.6) is 0 Å². The number of nitrogens with two attached hydrogens (primary N) is 1. The minimum absolute atomic E-state index is 0.0129. The van der Waals surface area contributed by atoms with Crippen LogP contribution in [0.25, 0.3) is 0 Å². The van der Waals surface area contributed by atoms with Crippen molar-refractivity contribution in [3.63, 3.8) is 0 Å². The van der Waals surface area contributed by atoms with Crippen molar-refractivity contribution in [2.45, 2.75) is 0 Å². The number of rotatable bonds is 5. The molecule has 2 aromatic rings. The fourth-order valence-electron chi connectivity index (χ4n) is 1.87. The van der Waals surface area contributed by atoms with E-state index in [1.165, 1.54) is 37.6 Å². The first kappa shape index (κ1) is 16.9. The van der Waals surface area contributed by atoms with E-state index in [2.05, 4.69) is 15.0 Å². The van der Waals surface area contributed by atoms with E-state index >= 15 is 0 Å². The van der Waals surface area contributed by atoms with E-state index in [0.29, 0.717) is 0 Å². The third kappa shape index (κ3) is 4.07. The van der Waals surface area contributed by atoms with Gasteiger partial charge in [-0.05, 0) is 24.3 Å². The molecular weight excluding hydrogens is 314 g/mol. The van der Waals surface area contributed by atoms with Crippen LogP contribution >= 0.6 is 0 Å². The van der Waals surface area contributed by atoms with Gasteiger partial charge in [-0.3, -0.25) is 4.79 Å². The molecule has 3 N–H and O–H groups in total. The quantitative estimate of drug-likeness (QED) is 0.792. The highest BCUT2D eigenvalue weighted by molar-refractivity contribution is 6.02. The summed E-state index contributed by atoms with van der Waals surface area (Å²) in [6.45, 7) is -0.539. The normalized spacial score (nSPS) is 9.88. The van der Waals surface area contributed by atoms with Gasteiger partial charge in [-0.25, -0.2) is 14.6 Å². The number of pyridine rings is 1. The highest BCUT2D eigenvalue weighted by Gasteiger charge is 2.16. The lowest BCUT2D eigenvalue weighted by molar-refractivity contribution is -0.119. The third-order valence-electron chi connectivity index (χ3n) is 3.00. The van der Waals surface area contributed by atoms with Gasteiger partial charge < -0.3 is 20.5 Å². The van der Waals surface area contributed by atoms with Crippen molar-refractivity contribution in [2.75, 3.05) is 24.8 Å². The number of nitrogens with one attached hydrogen (secondary N) is 1. The number of aromatic nitrogens is 1. The Balaban J connectivity index is 1.99. The second kappa shape index (κ2) is 7.73. The average Bonchev–Trinajstić information content (AvgIpc) is 2.60. The molecule has 1 aromatic heterocycles. The van der Waals surface area contributed by atoms with Crippen LogP contribution in [0.4, 0.5) is 11.5 Å². The van der Waals surface area contributed by atoms with E-state index in [-0.39, 0.29) is 22.6 Å². The minimum atomic E-state index is -0.767. The summed E-state index contributed by atoms with van der Waals surface area (Å²) in [4.78, 5) is 39.1. The summed E-state index contributed by atoms with van der Waals surface area (Å²) in [7, 11) is 1.24. The van der Waals surface area contributed by atoms with Crippen LogP contribution in [0.1, 0.15) is 20.7 Å². The van der Waals surface area contributed by atoms with Crippen molar-refractivity contribution in [3.05, 3.63) is 53.7 Å². The number of ether oxygens (including phenoxy) is 2. The molecule has 0 fully saturated rings. The van der Waals surface area contributed by atoms with Gasteiger partial charge in [-0.1, -0.05) is 12.1 Å². The summed E-state index contributed by atoms with van der Waals surface area (Å²) in [5, 5.41) is 2.48. The Hall–Kier alpha value is -3.42. The van der Waals surface area contributed by atoms with Gasteiger partial charge in [-0.15, -0.1) is 0 Å². The number of amides is 1. The standard InChI is InChI=1S/C16H15N3O5/c1-23-15(21)10-5-2-3-7-12(10)19-13(20)9-24-16(22)11-6-4-8-18-14(11)17/h2-8H,9H2,1H3,(H2,17,18)(H,19,20). The van der Waals surface area contributed by atoms with Crippen LogP contribution in [0, 0.1) is 0 Å². The zero-order chi connectivity index (χ0) is 17.5. The summed E-state index contributed by atoms with van der Waals surface area (Å²) in [5.74, 6) is -1.95. The molecule has 1 amide bonds. The molecule has 0 saturated heterocycles. The molecule has 2 rings (SSSR count). The van der Waals surface area contributed by atoms with Crippen LogP contribution in [0.15, 0.2) is 42.6 Å². The van der Waals surface area contributed by atoms with Crippen molar-refractivity contribution in [3.8, 4) is 0 Å². The van der Waals surface area contributed by atoms with Gasteiger partial charge in [0.1, 0.15) is 11.4 Å². The van der Waals surface area contributed by atoms with Gasteiger partial charge in [-0.2, -0.15) is 0 Å². The zero-order valence-electron chi connectivity index (χ0n) is 12.8. The smallest absolute Gasteiger partial charge is 0.342 e. The molecule has 0 spiro atoms. The van der Waals surface area contributed by atoms with Crippen LogP contribution < -0.4 is 11.1 Å². The Morgan fingerprint density at radius 2 is 1.79 bits per heavy atom. The van der Waals surface area contributed by atoms with E-state index in [0.717, 1.165) is 0 Å². The number of nitrogen functional groups attached to an aromatic ring is 1. The SMILES string of the molecule is COC(=O)c1ccccc1NC(=O)COC(=O)c1cccnc1N.